The SMILES string of the molecule is NCCCCC(NC(=O)C(N)CC(N)=O)C(=O)NC(CS)C(=O)NC(CCC(N)=O)C(=O)O. The molecule has 0 saturated heterocycles. The van der Waals surface area contributed by atoms with Crippen molar-refractivity contribution in [3.8, 4) is 0 Å². The van der Waals surface area contributed by atoms with Gasteiger partial charge in [0.05, 0.1) is 12.5 Å². The molecule has 0 spiro atoms. The lowest BCUT2D eigenvalue weighted by Crippen LogP contribution is -2.57. The summed E-state index contributed by atoms with van der Waals surface area (Å²) < 4.78 is 0. The molecule has 0 aliphatic rings. The van der Waals surface area contributed by atoms with E-state index in [1.54, 1.807) is 0 Å². The number of primary amides is 2. The summed E-state index contributed by atoms with van der Waals surface area (Å²) in [6, 6.07) is -5.03. The van der Waals surface area contributed by atoms with Gasteiger partial charge in [-0.2, -0.15) is 12.6 Å². The second-order valence-electron chi connectivity index (χ2n) is 7.27. The third-order valence-electron chi connectivity index (χ3n) is 4.45. The molecule has 33 heavy (non-hydrogen) atoms. The van der Waals surface area contributed by atoms with Crippen molar-refractivity contribution in [2.24, 2.45) is 22.9 Å². The van der Waals surface area contributed by atoms with Crippen LogP contribution in [0.3, 0.4) is 0 Å². The molecule has 0 rings (SSSR count). The molecule has 5 amide bonds. The van der Waals surface area contributed by atoms with Crippen LogP contribution < -0.4 is 38.9 Å². The lowest BCUT2D eigenvalue weighted by molar-refractivity contribution is -0.142. The van der Waals surface area contributed by atoms with Gasteiger partial charge in [0.25, 0.3) is 0 Å². The Kier molecular flexibility index (Phi) is 14.4. The van der Waals surface area contributed by atoms with E-state index in [1.165, 1.54) is 0 Å². The minimum atomic E-state index is -1.41. The van der Waals surface area contributed by atoms with Gasteiger partial charge in [0.1, 0.15) is 18.1 Å². The summed E-state index contributed by atoms with van der Waals surface area (Å²) in [5, 5.41) is 16.2. The maximum atomic E-state index is 12.7. The highest BCUT2D eigenvalue weighted by Crippen LogP contribution is 2.04. The van der Waals surface area contributed by atoms with Gasteiger partial charge in [0.2, 0.25) is 29.5 Å². The van der Waals surface area contributed by atoms with E-state index in [4.69, 9.17) is 22.9 Å². The van der Waals surface area contributed by atoms with E-state index in [0.29, 0.717) is 19.4 Å². The molecule has 0 aliphatic carbocycles. The van der Waals surface area contributed by atoms with Crippen LogP contribution in [0.15, 0.2) is 0 Å². The number of carbonyl (C=O) groups is 6. The monoisotopic (exact) mass is 491 g/mol. The van der Waals surface area contributed by atoms with Crippen molar-refractivity contribution in [3.05, 3.63) is 0 Å². The second-order valence-corrected chi connectivity index (χ2v) is 7.64. The molecule has 188 valence electrons. The summed E-state index contributed by atoms with van der Waals surface area (Å²) in [5.74, 6) is -5.49. The van der Waals surface area contributed by atoms with Crippen molar-refractivity contribution < 1.29 is 33.9 Å². The first-order valence-corrected chi connectivity index (χ1v) is 10.8. The van der Waals surface area contributed by atoms with Gasteiger partial charge < -0.3 is 44.0 Å². The quantitative estimate of drug-likeness (QED) is 0.0708. The van der Waals surface area contributed by atoms with Crippen LogP contribution in [0.25, 0.3) is 0 Å². The van der Waals surface area contributed by atoms with Crippen LogP contribution in [-0.2, 0) is 28.8 Å². The number of hydrogen-bond acceptors (Lipinski definition) is 9. The Morgan fingerprint density at radius 2 is 1.33 bits per heavy atom. The number of hydrogen-bond donors (Lipinski definition) is 9. The maximum Gasteiger partial charge on any atom is 0.326 e. The number of carboxylic acid groups (broad SMARTS) is 1. The highest BCUT2D eigenvalue weighted by atomic mass is 32.1. The largest absolute Gasteiger partial charge is 0.480 e. The number of nitrogens with two attached hydrogens (primary N) is 4. The Labute approximate surface area is 196 Å². The van der Waals surface area contributed by atoms with Gasteiger partial charge in [-0.05, 0) is 32.2 Å². The predicted octanol–water partition coefficient (Wildman–Crippen LogP) is -3.95. The number of unbranched alkanes of at least 4 members (excludes halogenated alkanes) is 1. The Balaban J connectivity index is 5.25. The molecule has 15 heteroatoms. The highest BCUT2D eigenvalue weighted by molar-refractivity contribution is 7.80. The average Bonchev–Trinajstić information content (AvgIpc) is 2.72. The van der Waals surface area contributed by atoms with E-state index >= 15 is 0 Å². The fraction of sp³-hybridized carbons (Fsp3) is 0.667. The number of nitrogens with one attached hydrogen (secondary N) is 3. The average molecular weight is 492 g/mol. The smallest absolute Gasteiger partial charge is 0.326 e. The molecule has 0 heterocycles. The Morgan fingerprint density at radius 3 is 1.82 bits per heavy atom. The van der Waals surface area contributed by atoms with Crippen LogP contribution in [0.4, 0.5) is 0 Å². The zero-order chi connectivity index (χ0) is 25.6. The van der Waals surface area contributed by atoms with Gasteiger partial charge >= 0.3 is 5.97 Å². The van der Waals surface area contributed by atoms with Crippen molar-refractivity contribution in [2.45, 2.75) is 62.7 Å². The number of rotatable bonds is 17. The van der Waals surface area contributed by atoms with Gasteiger partial charge in [0, 0.05) is 12.2 Å². The van der Waals surface area contributed by atoms with Crippen LogP contribution in [0.2, 0.25) is 0 Å². The molecular weight excluding hydrogens is 458 g/mol. The summed E-state index contributed by atoms with van der Waals surface area (Å²) in [5.41, 5.74) is 21.1. The topological polar surface area (TPSA) is 263 Å². The molecule has 12 N–H and O–H groups in total. The first-order chi connectivity index (χ1) is 15.4. The third kappa shape index (κ3) is 12.6. The zero-order valence-corrected chi connectivity index (χ0v) is 19.0. The van der Waals surface area contributed by atoms with Crippen LogP contribution >= 0.6 is 12.6 Å². The van der Waals surface area contributed by atoms with Crippen molar-refractivity contribution in [1.29, 1.82) is 0 Å². The Bertz CT molecular complexity index is 722. The highest BCUT2D eigenvalue weighted by Gasteiger charge is 2.30. The fourth-order valence-electron chi connectivity index (χ4n) is 2.63. The molecule has 0 aromatic heterocycles. The van der Waals surface area contributed by atoms with Crippen molar-refractivity contribution >= 4 is 48.1 Å². The molecule has 0 bridgehead atoms. The number of carbonyl (C=O) groups excluding carboxylic acids is 5. The lowest BCUT2D eigenvalue weighted by Gasteiger charge is -2.24. The molecule has 4 unspecified atom stereocenters. The molecule has 0 aromatic carbocycles. The molecular formula is C18H33N7O7S. The van der Waals surface area contributed by atoms with Gasteiger partial charge in [-0.15, -0.1) is 0 Å². The van der Waals surface area contributed by atoms with Crippen LogP contribution in [0.1, 0.15) is 38.5 Å². The molecule has 0 aromatic rings. The summed E-state index contributed by atoms with van der Waals surface area (Å²) >= 11 is 4.01. The van der Waals surface area contributed by atoms with Gasteiger partial charge in [-0.3, -0.25) is 24.0 Å². The molecule has 0 aliphatic heterocycles. The summed E-state index contributed by atoms with van der Waals surface area (Å²) in [6.07, 6.45) is 0.256. The number of amides is 5. The van der Waals surface area contributed by atoms with Crippen molar-refractivity contribution in [1.82, 2.24) is 16.0 Å². The summed E-state index contributed by atoms with van der Waals surface area (Å²) in [7, 11) is 0. The first-order valence-electron chi connectivity index (χ1n) is 10.2. The fourth-order valence-corrected chi connectivity index (χ4v) is 2.89. The molecule has 0 saturated carbocycles. The molecule has 0 fully saturated rings. The van der Waals surface area contributed by atoms with Crippen molar-refractivity contribution in [3.63, 3.8) is 0 Å². The van der Waals surface area contributed by atoms with Crippen LogP contribution in [-0.4, -0.2) is 77.1 Å². The summed E-state index contributed by atoms with van der Waals surface area (Å²) in [4.78, 5) is 70.6. The van der Waals surface area contributed by atoms with Gasteiger partial charge in [-0.1, -0.05) is 0 Å². The number of aliphatic carboxylic acids is 1. The normalized spacial score (nSPS) is 14.3. The number of carboxylic acids is 1. The van der Waals surface area contributed by atoms with E-state index in [-0.39, 0.29) is 25.0 Å². The Hall–Kier alpha value is -2.91. The van der Waals surface area contributed by atoms with E-state index < -0.39 is 66.1 Å². The van der Waals surface area contributed by atoms with Gasteiger partial charge in [0.15, 0.2) is 0 Å². The Morgan fingerprint density at radius 1 is 0.788 bits per heavy atom. The summed E-state index contributed by atoms with van der Waals surface area (Å²) in [6.45, 7) is 0.354. The van der Waals surface area contributed by atoms with E-state index in [9.17, 15) is 33.9 Å². The van der Waals surface area contributed by atoms with Gasteiger partial charge in [-0.25, -0.2) is 4.79 Å². The number of thiol groups is 1. The predicted molar refractivity (Wildman–Crippen MR) is 120 cm³/mol. The van der Waals surface area contributed by atoms with Crippen molar-refractivity contribution in [2.75, 3.05) is 12.3 Å². The molecule has 4 atom stereocenters. The molecule has 0 radical (unpaired) electrons. The third-order valence-corrected chi connectivity index (χ3v) is 4.81. The lowest BCUT2D eigenvalue weighted by atomic mass is 10.1. The van der Waals surface area contributed by atoms with E-state index in [1.807, 2.05) is 0 Å². The maximum absolute atomic E-state index is 12.7. The molecule has 14 nitrogen and oxygen atoms in total. The standard InChI is InChI=1S/C18H33N7O7S/c19-6-2-1-3-10(23-15(28)9(20)7-14(22)27)16(29)25-12(8-33)17(30)24-11(18(31)32)4-5-13(21)26/h9-12,33H,1-8,19-20H2,(H2,21,26)(H2,22,27)(H,23,28)(H,24,30)(H,25,29)(H,31,32). The van der Waals surface area contributed by atoms with Crippen LogP contribution in [0, 0.1) is 0 Å². The minimum Gasteiger partial charge on any atom is -0.480 e. The van der Waals surface area contributed by atoms with E-state index in [2.05, 4.69) is 28.6 Å². The zero-order valence-electron chi connectivity index (χ0n) is 18.1. The van der Waals surface area contributed by atoms with Crippen LogP contribution in [0.5, 0.6) is 0 Å². The van der Waals surface area contributed by atoms with E-state index in [0.717, 1.165) is 0 Å². The minimum absolute atomic E-state index is 0.162. The second kappa shape index (κ2) is 15.8. The first kappa shape index (κ1) is 30.1.